The summed E-state index contributed by atoms with van der Waals surface area (Å²) >= 11 is 5.30. The Balaban J connectivity index is 1.91. The van der Waals surface area contributed by atoms with Crippen molar-refractivity contribution in [2.75, 3.05) is 13.2 Å². The van der Waals surface area contributed by atoms with Crippen LogP contribution in [-0.4, -0.2) is 35.2 Å². The van der Waals surface area contributed by atoms with Gasteiger partial charge in [0.1, 0.15) is 23.3 Å². The first-order chi connectivity index (χ1) is 12.0. The number of nitrogens with one attached hydrogen (secondary N) is 1. The van der Waals surface area contributed by atoms with Gasteiger partial charge in [0.05, 0.1) is 6.61 Å². The maximum Gasteiger partial charge on any atom is 0.276 e. The smallest absolute Gasteiger partial charge is 0.276 e. The normalized spacial score (nSPS) is 20.7. The van der Waals surface area contributed by atoms with E-state index in [2.05, 4.69) is 12.2 Å². The second-order valence-corrected chi connectivity index (χ2v) is 6.75. The Kier molecular flexibility index (Phi) is 5.27. The zero-order valence-electron chi connectivity index (χ0n) is 14.9. The van der Waals surface area contributed by atoms with Crippen LogP contribution in [0, 0.1) is 0 Å². The lowest BCUT2D eigenvalue weighted by Crippen LogP contribution is -2.31. The first kappa shape index (κ1) is 17.7. The third kappa shape index (κ3) is 3.63. The van der Waals surface area contributed by atoms with Gasteiger partial charge < -0.3 is 14.8 Å². The zero-order chi connectivity index (χ0) is 18.0. The molecule has 134 valence electrons. The van der Waals surface area contributed by atoms with Crippen molar-refractivity contribution >= 4 is 29.3 Å². The summed E-state index contributed by atoms with van der Waals surface area (Å²) in [5.74, 6) is 1.54. The number of carbonyl (C=O) groups is 1. The third-order valence-electron chi connectivity index (χ3n) is 4.33. The van der Waals surface area contributed by atoms with Gasteiger partial charge in [-0.3, -0.25) is 9.69 Å². The fraction of sp³-hybridized carbons (Fsp3) is 0.474. The number of fused-ring (bicyclic) bond motifs is 1. The van der Waals surface area contributed by atoms with Crippen molar-refractivity contribution in [3.63, 3.8) is 0 Å². The molecule has 25 heavy (non-hydrogen) atoms. The molecule has 1 amide bonds. The number of thiocarbonyl (C=S) groups is 1. The topological polar surface area (TPSA) is 50.8 Å². The van der Waals surface area contributed by atoms with Crippen LogP contribution >= 0.6 is 12.2 Å². The van der Waals surface area contributed by atoms with E-state index >= 15 is 0 Å². The van der Waals surface area contributed by atoms with E-state index in [0.717, 1.165) is 41.9 Å². The maximum absolute atomic E-state index is 12.6. The molecule has 0 aliphatic carbocycles. The minimum absolute atomic E-state index is 0.0873. The summed E-state index contributed by atoms with van der Waals surface area (Å²) in [6.07, 6.45) is 4.78. The van der Waals surface area contributed by atoms with E-state index in [0.29, 0.717) is 24.0 Å². The van der Waals surface area contributed by atoms with Crippen LogP contribution in [0.25, 0.3) is 6.08 Å². The summed E-state index contributed by atoms with van der Waals surface area (Å²) in [4.78, 5) is 14.2. The zero-order valence-corrected chi connectivity index (χ0v) is 15.7. The molecule has 1 fully saturated rings. The fourth-order valence-corrected chi connectivity index (χ4v) is 3.38. The molecule has 0 radical (unpaired) electrons. The lowest BCUT2D eigenvalue weighted by Gasteiger charge is -2.12. The van der Waals surface area contributed by atoms with Crippen LogP contribution < -0.4 is 14.8 Å². The number of nitrogens with zero attached hydrogens (tertiary/aromatic N) is 1. The minimum Gasteiger partial charge on any atom is -0.493 e. The van der Waals surface area contributed by atoms with Crippen molar-refractivity contribution < 1.29 is 14.3 Å². The van der Waals surface area contributed by atoms with Crippen LogP contribution in [-0.2, 0) is 11.2 Å². The fourth-order valence-electron chi connectivity index (χ4n) is 3.09. The highest BCUT2D eigenvalue weighted by molar-refractivity contribution is 7.80. The highest BCUT2D eigenvalue weighted by atomic mass is 32.1. The van der Waals surface area contributed by atoms with E-state index in [9.17, 15) is 4.79 Å². The number of hydrogen-bond acceptors (Lipinski definition) is 4. The van der Waals surface area contributed by atoms with Crippen LogP contribution in [0.4, 0.5) is 0 Å². The predicted octanol–water partition coefficient (Wildman–Crippen LogP) is 3.27. The Morgan fingerprint density at radius 2 is 2.24 bits per heavy atom. The van der Waals surface area contributed by atoms with Crippen LogP contribution in [0.15, 0.2) is 17.8 Å². The van der Waals surface area contributed by atoms with Gasteiger partial charge in [-0.05, 0) is 50.7 Å². The van der Waals surface area contributed by atoms with E-state index in [1.807, 2.05) is 26.0 Å². The monoisotopic (exact) mass is 360 g/mol. The maximum atomic E-state index is 12.6. The molecule has 1 aromatic carbocycles. The van der Waals surface area contributed by atoms with Gasteiger partial charge in [-0.15, -0.1) is 0 Å². The van der Waals surface area contributed by atoms with E-state index in [-0.39, 0.29) is 12.0 Å². The second-order valence-electron chi connectivity index (χ2n) is 6.36. The van der Waals surface area contributed by atoms with Gasteiger partial charge in [0.25, 0.3) is 5.91 Å². The summed E-state index contributed by atoms with van der Waals surface area (Å²) in [5.41, 5.74) is 2.45. The Labute approximate surface area is 154 Å². The predicted molar refractivity (Wildman–Crippen MR) is 102 cm³/mol. The molecule has 0 bridgehead atoms. The molecule has 2 aliphatic rings. The highest BCUT2D eigenvalue weighted by Crippen LogP contribution is 2.36. The number of benzene rings is 1. The van der Waals surface area contributed by atoms with E-state index in [1.54, 1.807) is 11.0 Å². The molecule has 6 heteroatoms. The van der Waals surface area contributed by atoms with E-state index < -0.39 is 0 Å². The summed E-state index contributed by atoms with van der Waals surface area (Å²) in [6, 6.07) is 3.96. The van der Waals surface area contributed by atoms with Crippen LogP contribution in [0.3, 0.4) is 0 Å². The van der Waals surface area contributed by atoms with Crippen molar-refractivity contribution in [3.05, 3.63) is 29.0 Å². The molecule has 2 heterocycles. The summed E-state index contributed by atoms with van der Waals surface area (Å²) < 4.78 is 11.6. The first-order valence-corrected chi connectivity index (χ1v) is 9.25. The standard InChI is InChI=1S/C19H24N2O3S/c1-4-6-7-21-18(22)15(20-19(21)25)9-14-11-17-13(8-12(3)24-17)10-16(14)23-5-2/h9-12H,4-8H2,1-3H3,(H,20,25)/b15-9-/t12-/m1/s1. The lowest BCUT2D eigenvalue weighted by molar-refractivity contribution is -0.122. The second kappa shape index (κ2) is 7.44. The molecule has 0 unspecified atom stereocenters. The lowest BCUT2D eigenvalue weighted by atomic mass is 10.1. The Morgan fingerprint density at radius 1 is 1.44 bits per heavy atom. The van der Waals surface area contributed by atoms with Gasteiger partial charge in [0.15, 0.2) is 5.11 Å². The van der Waals surface area contributed by atoms with Gasteiger partial charge >= 0.3 is 0 Å². The SMILES string of the molecule is CCCCN1C(=O)/C(=C/c2cc3c(cc2OCC)C[C@@H](C)O3)NC1=S. The number of amides is 1. The van der Waals surface area contributed by atoms with Crippen LogP contribution in [0.5, 0.6) is 11.5 Å². The van der Waals surface area contributed by atoms with Crippen molar-refractivity contribution in [3.8, 4) is 11.5 Å². The van der Waals surface area contributed by atoms with Crippen molar-refractivity contribution in [1.82, 2.24) is 10.2 Å². The molecule has 1 saturated heterocycles. The Hall–Kier alpha value is -2.08. The van der Waals surface area contributed by atoms with E-state index in [1.165, 1.54) is 0 Å². The van der Waals surface area contributed by atoms with Crippen LogP contribution in [0.2, 0.25) is 0 Å². The van der Waals surface area contributed by atoms with Gasteiger partial charge in [-0.25, -0.2) is 0 Å². The molecule has 1 N–H and O–H groups in total. The molecular formula is C19H24N2O3S. The third-order valence-corrected chi connectivity index (χ3v) is 4.65. The molecule has 1 atom stereocenters. The minimum atomic E-state index is -0.0873. The van der Waals surface area contributed by atoms with Crippen LogP contribution in [0.1, 0.15) is 44.7 Å². The Bertz CT molecular complexity index is 730. The number of unbranched alkanes of at least 4 members (excludes halogenated alkanes) is 1. The number of hydrogen-bond donors (Lipinski definition) is 1. The van der Waals surface area contributed by atoms with Gasteiger partial charge in [0.2, 0.25) is 0 Å². The molecule has 3 rings (SSSR count). The molecule has 0 saturated carbocycles. The number of carbonyl (C=O) groups excluding carboxylic acids is 1. The average Bonchev–Trinajstić information content (AvgIpc) is 3.05. The molecule has 0 spiro atoms. The Morgan fingerprint density at radius 3 is 2.96 bits per heavy atom. The summed E-state index contributed by atoms with van der Waals surface area (Å²) in [7, 11) is 0. The average molecular weight is 360 g/mol. The van der Waals surface area contributed by atoms with Crippen molar-refractivity contribution in [2.45, 2.75) is 46.1 Å². The molecule has 1 aromatic rings. The number of rotatable bonds is 6. The van der Waals surface area contributed by atoms with E-state index in [4.69, 9.17) is 21.7 Å². The molecule has 5 nitrogen and oxygen atoms in total. The quantitative estimate of drug-likeness (QED) is 0.623. The van der Waals surface area contributed by atoms with Crippen molar-refractivity contribution in [2.24, 2.45) is 0 Å². The van der Waals surface area contributed by atoms with Gasteiger partial charge in [0, 0.05) is 24.1 Å². The van der Waals surface area contributed by atoms with Gasteiger partial charge in [-0.2, -0.15) is 0 Å². The molecule has 0 aromatic heterocycles. The largest absolute Gasteiger partial charge is 0.493 e. The summed E-state index contributed by atoms with van der Waals surface area (Å²) in [6.45, 7) is 7.29. The first-order valence-electron chi connectivity index (χ1n) is 8.84. The molecular weight excluding hydrogens is 336 g/mol. The van der Waals surface area contributed by atoms with Gasteiger partial charge in [-0.1, -0.05) is 13.3 Å². The van der Waals surface area contributed by atoms with Crippen molar-refractivity contribution in [1.29, 1.82) is 0 Å². The molecule has 2 aliphatic heterocycles. The summed E-state index contributed by atoms with van der Waals surface area (Å²) in [5, 5.41) is 3.50. The highest BCUT2D eigenvalue weighted by Gasteiger charge is 2.30. The number of ether oxygens (including phenoxy) is 2.